The van der Waals surface area contributed by atoms with E-state index >= 15 is 0 Å². The van der Waals surface area contributed by atoms with Crippen LogP contribution >= 0.6 is 23.2 Å². The average Bonchev–Trinajstić information content (AvgIpc) is 2.74. The normalized spacial score (nSPS) is 14.8. The fourth-order valence-electron chi connectivity index (χ4n) is 2.85. The number of hydrogen-bond donors (Lipinski definition) is 2. The first-order chi connectivity index (χ1) is 14.7. The van der Waals surface area contributed by atoms with Crippen LogP contribution in [0.25, 0.3) is 0 Å². The van der Waals surface area contributed by atoms with Gasteiger partial charge in [0.25, 0.3) is 11.8 Å². The molecule has 1 fully saturated rings. The first-order valence-corrected chi connectivity index (χ1v) is 11.3. The van der Waals surface area contributed by atoms with Gasteiger partial charge in [-0.1, -0.05) is 23.2 Å². The summed E-state index contributed by atoms with van der Waals surface area (Å²) in [7, 11) is -3.76. The summed E-state index contributed by atoms with van der Waals surface area (Å²) in [6.45, 7) is 0.629. The summed E-state index contributed by atoms with van der Waals surface area (Å²) in [6.07, 6.45) is 0. The van der Waals surface area contributed by atoms with Crippen molar-refractivity contribution in [3.8, 4) is 5.75 Å². The van der Waals surface area contributed by atoms with Gasteiger partial charge >= 0.3 is 0 Å². The molecule has 166 valence electrons. The predicted octanol–water partition coefficient (Wildman–Crippen LogP) is 2.13. The van der Waals surface area contributed by atoms with E-state index in [9.17, 15) is 18.0 Å². The maximum absolute atomic E-state index is 12.8. The Balaban J connectivity index is 1.72. The Hall–Kier alpha value is -2.37. The number of morpholine rings is 1. The number of primary amides is 1. The van der Waals surface area contributed by atoms with Crippen LogP contribution in [0.5, 0.6) is 5.75 Å². The second-order valence-corrected chi connectivity index (χ2v) is 9.28. The smallest absolute Gasteiger partial charge is 0.262 e. The van der Waals surface area contributed by atoms with E-state index in [4.69, 9.17) is 38.4 Å². The lowest BCUT2D eigenvalue weighted by Gasteiger charge is -2.26. The highest BCUT2D eigenvalue weighted by molar-refractivity contribution is 7.89. The van der Waals surface area contributed by atoms with Crippen LogP contribution in [0, 0.1) is 0 Å². The first-order valence-electron chi connectivity index (χ1n) is 9.08. The maximum atomic E-state index is 12.8. The lowest BCUT2D eigenvalue weighted by atomic mass is 10.2. The number of nitrogens with two attached hydrogens (primary N) is 1. The van der Waals surface area contributed by atoms with Gasteiger partial charge in [-0.2, -0.15) is 4.31 Å². The second kappa shape index (κ2) is 9.84. The molecule has 0 aromatic heterocycles. The van der Waals surface area contributed by atoms with Crippen LogP contribution in [-0.4, -0.2) is 57.4 Å². The second-order valence-electron chi connectivity index (χ2n) is 6.50. The first kappa shape index (κ1) is 23.3. The summed E-state index contributed by atoms with van der Waals surface area (Å²) in [5, 5.41) is 2.95. The standard InChI is InChI=1S/C19H19Cl2N3O6S/c20-12-1-4-17(14(9-12)19(22)26)30-11-18(25)23-16-10-13(2-3-15(16)21)31(27,28)24-5-7-29-8-6-24/h1-4,9-10H,5-8,11H2,(H2,22,26)(H,23,25). The fraction of sp³-hybridized carbons (Fsp3) is 0.263. The van der Waals surface area contributed by atoms with Gasteiger partial charge in [-0.15, -0.1) is 0 Å². The van der Waals surface area contributed by atoms with E-state index in [0.717, 1.165) is 0 Å². The third-order valence-corrected chi connectivity index (χ3v) is 6.84. The largest absolute Gasteiger partial charge is 0.483 e. The molecule has 2 aromatic carbocycles. The number of sulfonamides is 1. The van der Waals surface area contributed by atoms with Crippen molar-refractivity contribution in [1.29, 1.82) is 0 Å². The van der Waals surface area contributed by atoms with Gasteiger partial charge in [0, 0.05) is 18.1 Å². The third-order valence-electron chi connectivity index (χ3n) is 4.39. The number of ether oxygens (including phenoxy) is 2. The molecule has 0 saturated carbocycles. The van der Waals surface area contributed by atoms with Gasteiger partial charge in [0.2, 0.25) is 10.0 Å². The SMILES string of the molecule is NC(=O)c1cc(Cl)ccc1OCC(=O)Nc1cc(S(=O)(=O)N2CCOCC2)ccc1Cl. The zero-order chi connectivity index (χ0) is 22.6. The van der Waals surface area contributed by atoms with E-state index in [-0.39, 0.29) is 45.0 Å². The van der Waals surface area contributed by atoms with E-state index in [0.29, 0.717) is 13.2 Å². The molecule has 3 rings (SSSR count). The highest BCUT2D eigenvalue weighted by Gasteiger charge is 2.27. The molecule has 0 unspecified atom stereocenters. The highest BCUT2D eigenvalue weighted by Crippen LogP contribution is 2.28. The molecule has 0 aliphatic carbocycles. The van der Waals surface area contributed by atoms with E-state index in [1.54, 1.807) is 0 Å². The molecular weight excluding hydrogens is 469 g/mol. The molecule has 1 aliphatic heterocycles. The van der Waals surface area contributed by atoms with Crippen LogP contribution in [0.3, 0.4) is 0 Å². The molecule has 1 saturated heterocycles. The van der Waals surface area contributed by atoms with Gasteiger partial charge in [0.05, 0.1) is 34.4 Å². The van der Waals surface area contributed by atoms with Crippen molar-refractivity contribution in [3.63, 3.8) is 0 Å². The predicted molar refractivity (Wildman–Crippen MR) is 115 cm³/mol. The van der Waals surface area contributed by atoms with Gasteiger partial charge < -0.3 is 20.5 Å². The molecular formula is C19H19Cl2N3O6S. The topological polar surface area (TPSA) is 128 Å². The van der Waals surface area contributed by atoms with Crippen molar-refractivity contribution in [2.45, 2.75) is 4.90 Å². The number of rotatable bonds is 7. The van der Waals surface area contributed by atoms with Crippen LogP contribution in [0.2, 0.25) is 10.0 Å². The molecule has 1 heterocycles. The van der Waals surface area contributed by atoms with Crippen LogP contribution in [-0.2, 0) is 19.6 Å². The fourth-order valence-corrected chi connectivity index (χ4v) is 4.62. The number of carbonyl (C=O) groups is 2. The van der Waals surface area contributed by atoms with Gasteiger partial charge in [0.15, 0.2) is 6.61 Å². The highest BCUT2D eigenvalue weighted by atomic mass is 35.5. The summed E-state index contributed by atoms with van der Waals surface area (Å²) >= 11 is 12.0. The third kappa shape index (κ3) is 5.66. The number of anilines is 1. The number of amides is 2. The molecule has 0 atom stereocenters. The monoisotopic (exact) mass is 487 g/mol. The average molecular weight is 488 g/mol. The summed E-state index contributed by atoms with van der Waals surface area (Å²) in [6, 6.07) is 8.26. The Kier molecular flexibility index (Phi) is 7.39. The Morgan fingerprint density at radius 1 is 1.13 bits per heavy atom. The van der Waals surface area contributed by atoms with Crippen LogP contribution in [0.1, 0.15) is 10.4 Å². The Bertz CT molecular complexity index is 1100. The number of hydrogen-bond acceptors (Lipinski definition) is 6. The lowest BCUT2D eigenvalue weighted by molar-refractivity contribution is -0.118. The summed E-state index contributed by atoms with van der Waals surface area (Å²) < 4.78 is 37.5. The Morgan fingerprint density at radius 3 is 2.52 bits per heavy atom. The van der Waals surface area contributed by atoms with E-state index in [1.807, 2.05) is 0 Å². The molecule has 2 amide bonds. The summed E-state index contributed by atoms with van der Waals surface area (Å²) in [5.41, 5.74) is 5.42. The summed E-state index contributed by atoms with van der Waals surface area (Å²) in [5.74, 6) is -1.29. The van der Waals surface area contributed by atoms with Crippen LogP contribution in [0.15, 0.2) is 41.3 Å². The van der Waals surface area contributed by atoms with E-state index in [1.165, 1.54) is 40.7 Å². The molecule has 31 heavy (non-hydrogen) atoms. The van der Waals surface area contributed by atoms with Gasteiger partial charge in [-0.25, -0.2) is 8.42 Å². The van der Waals surface area contributed by atoms with E-state index in [2.05, 4.69) is 5.32 Å². The van der Waals surface area contributed by atoms with Crippen molar-refractivity contribution in [3.05, 3.63) is 52.0 Å². The summed E-state index contributed by atoms with van der Waals surface area (Å²) in [4.78, 5) is 23.8. The number of halogens is 2. The molecule has 9 nitrogen and oxygen atoms in total. The maximum Gasteiger partial charge on any atom is 0.262 e. The number of nitrogens with zero attached hydrogens (tertiary/aromatic N) is 1. The number of nitrogens with one attached hydrogen (secondary N) is 1. The number of carbonyl (C=O) groups excluding carboxylic acids is 2. The van der Waals surface area contributed by atoms with E-state index < -0.39 is 28.4 Å². The van der Waals surface area contributed by atoms with Crippen molar-refractivity contribution >= 4 is 50.7 Å². The molecule has 1 aliphatic rings. The molecule has 0 bridgehead atoms. The van der Waals surface area contributed by atoms with Crippen molar-refractivity contribution in [1.82, 2.24) is 4.31 Å². The zero-order valence-corrected chi connectivity index (χ0v) is 18.5. The molecule has 0 radical (unpaired) electrons. The van der Waals surface area contributed by atoms with Crippen molar-refractivity contribution < 1.29 is 27.5 Å². The minimum absolute atomic E-state index is 0.0104. The van der Waals surface area contributed by atoms with Crippen LogP contribution < -0.4 is 15.8 Å². The van der Waals surface area contributed by atoms with Gasteiger partial charge in [0.1, 0.15) is 5.75 Å². The molecule has 12 heteroatoms. The molecule has 2 aromatic rings. The van der Waals surface area contributed by atoms with Gasteiger partial charge in [-0.3, -0.25) is 9.59 Å². The lowest BCUT2D eigenvalue weighted by Crippen LogP contribution is -2.40. The van der Waals surface area contributed by atoms with Crippen molar-refractivity contribution in [2.24, 2.45) is 5.73 Å². The zero-order valence-electron chi connectivity index (χ0n) is 16.1. The minimum Gasteiger partial charge on any atom is -0.483 e. The van der Waals surface area contributed by atoms with Gasteiger partial charge in [-0.05, 0) is 36.4 Å². The number of benzene rings is 2. The Labute approximate surface area is 189 Å². The molecule has 0 spiro atoms. The van der Waals surface area contributed by atoms with Crippen molar-refractivity contribution in [2.75, 3.05) is 38.2 Å². The minimum atomic E-state index is -3.76. The van der Waals surface area contributed by atoms with Crippen LogP contribution in [0.4, 0.5) is 5.69 Å². The quantitative estimate of drug-likeness (QED) is 0.615. The molecule has 3 N–H and O–H groups in total. The Morgan fingerprint density at radius 2 is 1.84 bits per heavy atom.